The molecule has 0 spiro atoms. The monoisotopic (exact) mass is 269 g/mol. The van der Waals surface area contributed by atoms with Crippen molar-refractivity contribution < 1.29 is 4.52 Å². The minimum atomic E-state index is 0.215. The normalized spacial score (nSPS) is 18.9. The van der Waals surface area contributed by atoms with Gasteiger partial charge in [-0.3, -0.25) is 0 Å². The molecule has 0 bridgehead atoms. The summed E-state index contributed by atoms with van der Waals surface area (Å²) in [7, 11) is 0. The highest BCUT2D eigenvalue weighted by atomic mass is 16.5. The molecular formula is C14H15N5O. The van der Waals surface area contributed by atoms with Gasteiger partial charge in [0.2, 0.25) is 5.89 Å². The third-order valence-electron chi connectivity index (χ3n) is 3.61. The van der Waals surface area contributed by atoms with Gasteiger partial charge < -0.3 is 14.8 Å². The number of benzene rings is 1. The van der Waals surface area contributed by atoms with Gasteiger partial charge in [-0.15, -0.1) is 0 Å². The van der Waals surface area contributed by atoms with Crippen LogP contribution >= 0.6 is 0 Å². The largest absolute Gasteiger partial charge is 0.342 e. The van der Waals surface area contributed by atoms with Crippen LogP contribution in [-0.4, -0.2) is 26.7 Å². The number of hydrogen-bond acceptors (Lipinski definition) is 5. The molecule has 0 saturated carbocycles. The molecule has 102 valence electrons. The van der Waals surface area contributed by atoms with E-state index in [-0.39, 0.29) is 6.04 Å². The Morgan fingerprint density at radius 1 is 1.25 bits per heavy atom. The summed E-state index contributed by atoms with van der Waals surface area (Å²) in [4.78, 5) is 12.3. The summed E-state index contributed by atoms with van der Waals surface area (Å²) in [6, 6.07) is 8.18. The van der Waals surface area contributed by atoms with Gasteiger partial charge in [0.25, 0.3) is 0 Å². The first kappa shape index (κ1) is 11.6. The van der Waals surface area contributed by atoms with Crippen molar-refractivity contribution in [2.75, 3.05) is 6.54 Å². The summed E-state index contributed by atoms with van der Waals surface area (Å²) in [6.07, 6.45) is 2.78. The highest BCUT2D eigenvalue weighted by Crippen LogP contribution is 2.21. The van der Waals surface area contributed by atoms with Gasteiger partial charge in [0.05, 0.1) is 23.5 Å². The van der Waals surface area contributed by atoms with Crippen molar-refractivity contribution in [1.29, 1.82) is 0 Å². The van der Waals surface area contributed by atoms with Crippen LogP contribution in [0.25, 0.3) is 11.0 Å². The second-order valence-electron chi connectivity index (χ2n) is 5.08. The zero-order valence-corrected chi connectivity index (χ0v) is 11.0. The Labute approximate surface area is 115 Å². The maximum atomic E-state index is 5.33. The molecule has 0 unspecified atom stereocenters. The average molecular weight is 269 g/mol. The lowest BCUT2D eigenvalue weighted by atomic mass is 10.2. The lowest BCUT2D eigenvalue weighted by Crippen LogP contribution is -2.13. The van der Waals surface area contributed by atoms with Crippen LogP contribution in [0.15, 0.2) is 28.8 Å². The van der Waals surface area contributed by atoms with Crippen molar-refractivity contribution in [2.45, 2.75) is 25.3 Å². The average Bonchev–Trinajstić information content (AvgIpc) is 3.18. The molecule has 6 heteroatoms. The van der Waals surface area contributed by atoms with Crippen LogP contribution in [0.5, 0.6) is 0 Å². The van der Waals surface area contributed by atoms with E-state index in [1.165, 1.54) is 0 Å². The van der Waals surface area contributed by atoms with Crippen LogP contribution in [0.2, 0.25) is 0 Å². The SMILES string of the molecule is c1ccc2[nH]c(Cc3noc([C@H]4CCCN4)n3)nc2c1. The second-order valence-corrected chi connectivity index (χ2v) is 5.08. The number of aromatic amines is 1. The van der Waals surface area contributed by atoms with E-state index in [1.54, 1.807) is 0 Å². The van der Waals surface area contributed by atoms with Gasteiger partial charge in [-0.2, -0.15) is 4.98 Å². The number of H-pyrrole nitrogens is 1. The van der Waals surface area contributed by atoms with Crippen LogP contribution in [0, 0.1) is 0 Å². The van der Waals surface area contributed by atoms with Gasteiger partial charge in [-0.25, -0.2) is 4.98 Å². The molecule has 3 heterocycles. The first-order chi connectivity index (χ1) is 9.88. The number of rotatable bonds is 3. The molecule has 1 saturated heterocycles. The first-order valence-corrected chi connectivity index (χ1v) is 6.88. The molecule has 1 aromatic carbocycles. The molecule has 1 aliphatic heterocycles. The summed E-state index contributed by atoms with van der Waals surface area (Å²) in [5, 5.41) is 7.39. The Hall–Kier alpha value is -2.21. The zero-order chi connectivity index (χ0) is 13.4. The number of fused-ring (bicyclic) bond motifs is 1. The minimum Gasteiger partial charge on any atom is -0.342 e. The van der Waals surface area contributed by atoms with E-state index in [2.05, 4.69) is 25.4 Å². The van der Waals surface area contributed by atoms with E-state index < -0.39 is 0 Å². The van der Waals surface area contributed by atoms with Gasteiger partial charge >= 0.3 is 0 Å². The molecule has 6 nitrogen and oxygen atoms in total. The number of nitrogens with one attached hydrogen (secondary N) is 2. The van der Waals surface area contributed by atoms with Crippen LogP contribution in [0.3, 0.4) is 0 Å². The standard InChI is InChI=1S/C14H15N5O/c1-2-5-10-9(4-1)16-12(17-10)8-13-18-14(20-19-13)11-6-3-7-15-11/h1-2,4-5,11,15H,3,6-8H2,(H,16,17)/t11-/m1/s1. The van der Waals surface area contributed by atoms with Crippen molar-refractivity contribution in [3.63, 3.8) is 0 Å². The van der Waals surface area contributed by atoms with Crippen molar-refractivity contribution >= 4 is 11.0 Å². The highest BCUT2D eigenvalue weighted by Gasteiger charge is 2.22. The molecule has 1 fully saturated rings. The van der Waals surface area contributed by atoms with Gasteiger partial charge in [0.15, 0.2) is 5.82 Å². The Kier molecular flexibility index (Phi) is 2.74. The Bertz CT molecular complexity index is 693. The Balaban J connectivity index is 1.56. The molecule has 0 aliphatic carbocycles. The molecule has 2 aromatic heterocycles. The van der Waals surface area contributed by atoms with Gasteiger partial charge in [-0.1, -0.05) is 17.3 Å². The van der Waals surface area contributed by atoms with Gasteiger partial charge in [0.1, 0.15) is 5.82 Å². The molecule has 0 amide bonds. The number of aromatic nitrogens is 4. The quantitative estimate of drug-likeness (QED) is 0.759. The summed E-state index contributed by atoms with van der Waals surface area (Å²) in [5.41, 5.74) is 1.99. The highest BCUT2D eigenvalue weighted by molar-refractivity contribution is 5.74. The lowest BCUT2D eigenvalue weighted by Gasteiger charge is -2.01. The van der Waals surface area contributed by atoms with E-state index in [0.717, 1.165) is 36.2 Å². The van der Waals surface area contributed by atoms with E-state index >= 15 is 0 Å². The van der Waals surface area contributed by atoms with Crippen molar-refractivity contribution in [3.05, 3.63) is 41.8 Å². The molecule has 0 radical (unpaired) electrons. The fourth-order valence-corrected chi connectivity index (χ4v) is 2.62. The van der Waals surface area contributed by atoms with Crippen molar-refractivity contribution in [2.24, 2.45) is 0 Å². The summed E-state index contributed by atoms with van der Waals surface area (Å²) in [6.45, 7) is 1.02. The van der Waals surface area contributed by atoms with Crippen LogP contribution < -0.4 is 5.32 Å². The van der Waals surface area contributed by atoms with E-state index in [4.69, 9.17) is 4.52 Å². The van der Waals surface area contributed by atoms with Crippen LogP contribution in [0.1, 0.15) is 36.4 Å². The number of para-hydroxylation sites is 2. The third kappa shape index (κ3) is 2.08. The second kappa shape index (κ2) is 4.72. The predicted molar refractivity (Wildman–Crippen MR) is 73.2 cm³/mol. The van der Waals surface area contributed by atoms with Crippen LogP contribution in [-0.2, 0) is 6.42 Å². The third-order valence-corrected chi connectivity index (χ3v) is 3.61. The maximum absolute atomic E-state index is 5.33. The molecule has 1 atom stereocenters. The molecule has 4 rings (SSSR count). The lowest BCUT2D eigenvalue weighted by molar-refractivity contribution is 0.341. The Morgan fingerprint density at radius 3 is 3.05 bits per heavy atom. The zero-order valence-electron chi connectivity index (χ0n) is 11.0. The number of nitrogens with zero attached hydrogens (tertiary/aromatic N) is 3. The topological polar surface area (TPSA) is 79.6 Å². The molecular weight excluding hydrogens is 254 g/mol. The van der Waals surface area contributed by atoms with Crippen molar-refractivity contribution in [1.82, 2.24) is 25.4 Å². The van der Waals surface area contributed by atoms with E-state index in [0.29, 0.717) is 18.1 Å². The molecule has 2 N–H and O–H groups in total. The Morgan fingerprint density at radius 2 is 2.20 bits per heavy atom. The van der Waals surface area contributed by atoms with Crippen molar-refractivity contribution in [3.8, 4) is 0 Å². The van der Waals surface area contributed by atoms with E-state index in [1.807, 2.05) is 24.3 Å². The number of hydrogen-bond donors (Lipinski definition) is 2. The summed E-state index contributed by atoms with van der Waals surface area (Å²) < 4.78 is 5.33. The summed E-state index contributed by atoms with van der Waals surface area (Å²) >= 11 is 0. The number of imidazole rings is 1. The van der Waals surface area contributed by atoms with Gasteiger partial charge in [-0.05, 0) is 31.5 Å². The molecule has 1 aliphatic rings. The predicted octanol–water partition coefficient (Wildman–Crippen LogP) is 1.96. The maximum Gasteiger partial charge on any atom is 0.243 e. The first-order valence-electron chi connectivity index (χ1n) is 6.88. The fourth-order valence-electron chi connectivity index (χ4n) is 2.62. The van der Waals surface area contributed by atoms with Gasteiger partial charge in [0, 0.05) is 0 Å². The minimum absolute atomic E-state index is 0.215. The molecule has 20 heavy (non-hydrogen) atoms. The molecule has 3 aromatic rings. The summed E-state index contributed by atoms with van der Waals surface area (Å²) in [5.74, 6) is 2.22. The fraction of sp³-hybridized carbons (Fsp3) is 0.357. The van der Waals surface area contributed by atoms with E-state index in [9.17, 15) is 0 Å². The van der Waals surface area contributed by atoms with Crippen LogP contribution in [0.4, 0.5) is 0 Å². The smallest absolute Gasteiger partial charge is 0.243 e.